The molecule has 0 aromatic rings. The highest BCUT2D eigenvalue weighted by Crippen LogP contribution is 2.43. The molecule has 0 bridgehead atoms. The van der Waals surface area contributed by atoms with Gasteiger partial charge in [-0.2, -0.15) is 0 Å². The molecule has 0 fully saturated rings. The molecule has 0 amide bonds. The number of unbranched alkanes of at least 4 members (excludes halogenated alkanes) is 12. The second-order valence-electron chi connectivity index (χ2n) is 12.6. The lowest BCUT2D eigenvalue weighted by atomic mass is 10.1. The highest BCUT2D eigenvalue weighted by Gasteiger charge is 2.25. The SMILES string of the molecule is CCC/C=C/C=C/C=C/C=C/C=C/CCCCCCCC(=O)OCC(COP(=O)(O)OCCN)OC(=O)CC/C=C/C/C=C/CCCCCCCC. The van der Waals surface area contributed by atoms with E-state index in [0.29, 0.717) is 12.8 Å². The first kappa shape index (κ1) is 49.2. The Balaban J connectivity index is 4.35. The summed E-state index contributed by atoms with van der Waals surface area (Å²) in [7, 11) is -4.40. The summed E-state index contributed by atoms with van der Waals surface area (Å²) in [5, 5.41) is 0. The maximum atomic E-state index is 12.5. The summed E-state index contributed by atoms with van der Waals surface area (Å²) in [4.78, 5) is 34.7. The first-order valence-corrected chi connectivity index (χ1v) is 21.1. The molecule has 0 heterocycles. The van der Waals surface area contributed by atoms with Crippen molar-refractivity contribution in [3.05, 3.63) is 85.1 Å². The standard InChI is InChI=1S/C42H70NO8P/c1-3-5-7-9-11-13-15-17-18-19-20-21-23-24-26-28-30-32-34-41(44)48-38-40(39-50-52(46,47)49-37-36-43)51-42(45)35-33-31-29-27-25-22-16-14-12-10-8-6-4-2/h7,9,11,13,15,17-22,25,29,31,40H,3-6,8,10,12,14,16,23-24,26-28,30,32-39,43H2,1-2H3,(H,46,47)/b9-7+,13-11+,17-15+,19-18+,21-20+,25-22+,31-29+. The average molecular weight is 748 g/mol. The van der Waals surface area contributed by atoms with Crippen LogP contribution >= 0.6 is 7.82 Å². The zero-order valence-corrected chi connectivity index (χ0v) is 33.1. The van der Waals surface area contributed by atoms with Crippen LogP contribution in [0.1, 0.15) is 136 Å². The van der Waals surface area contributed by atoms with Crippen molar-refractivity contribution in [1.29, 1.82) is 0 Å². The van der Waals surface area contributed by atoms with E-state index in [2.05, 4.69) is 50.3 Å². The molecule has 0 aliphatic carbocycles. The molecule has 0 aromatic heterocycles. The molecule has 0 aromatic carbocycles. The summed E-state index contributed by atoms with van der Waals surface area (Å²) in [6.45, 7) is 3.50. The molecule has 9 nitrogen and oxygen atoms in total. The van der Waals surface area contributed by atoms with Gasteiger partial charge in [0, 0.05) is 19.4 Å². The van der Waals surface area contributed by atoms with Gasteiger partial charge in [-0.05, 0) is 51.4 Å². The molecule has 0 aliphatic heterocycles. The Morgan fingerprint density at radius 2 is 1.15 bits per heavy atom. The second kappa shape index (κ2) is 37.9. The molecular weight excluding hydrogens is 677 g/mol. The highest BCUT2D eigenvalue weighted by atomic mass is 31.2. The van der Waals surface area contributed by atoms with Crippen LogP contribution in [0.15, 0.2) is 85.1 Å². The predicted molar refractivity (Wildman–Crippen MR) is 215 cm³/mol. The van der Waals surface area contributed by atoms with Crippen LogP contribution in [0.5, 0.6) is 0 Å². The van der Waals surface area contributed by atoms with Crippen molar-refractivity contribution in [1.82, 2.24) is 0 Å². The number of carbonyl (C=O) groups excluding carboxylic acids is 2. The van der Waals surface area contributed by atoms with E-state index in [1.54, 1.807) is 0 Å². The Labute approximate surface area is 315 Å². The third-order valence-electron chi connectivity index (χ3n) is 7.63. The lowest BCUT2D eigenvalue weighted by Gasteiger charge is -2.19. The van der Waals surface area contributed by atoms with Crippen molar-refractivity contribution in [2.24, 2.45) is 5.73 Å². The molecule has 2 unspecified atom stereocenters. The number of phosphoric ester groups is 1. The maximum Gasteiger partial charge on any atom is 0.472 e. The van der Waals surface area contributed by atoms with Crippen LogP contribution in [0, 0.1) is 0 Å². The Hall–Kier alpha value is -2.81. The Morgan fingerprint density at radius 3 is 1.79 bits per heavy atom. The molecular formula is C42H70NO8P. The normalized spacial score (nSPS) is 14.3. The number of hydrogen-bond acceptors (Lipinski definition) is 8. The molecule has 10 heteroatoms. The zero-order valence-electron chi connectivity index (χ0n) is 32.3. The maximum absolute atomic E-state index is 12.5. The van der Waals surface area contributed by atoms with Gasteiger partial charge in [-0.25, -0.2) is 4.57 Å². The van der Waals surface area contributed by atoms with Gasteiger partial charge in [-0.15, -0.1) is 0 Å². The molecule has 0 spiro atoms. The largest absolute Gasteiger partial charge is 0.472 e. The fourth-order valence-electron chi connectivity index (χ4n) is 4.72. The summed E-state index contributed by atoms with van der Waals surface area (Å²) in [5.41, 5.74) is 5.33. The van der Waals surface area contributed by atoms with Gasteiger partial charge in [0.05, 0.1) is 13.2 Å². The van der Waals surface area contributed by atoms with Gasteiger partial charge in [-0.3, -0.25) is 18.6 Å². The van der Waals surface area contributed by atoms with Gasteiger partial charge in [0.1, 0.15) is 6.61 Å². The molecule has 0 saturated heterocycles. The van der Waals surface area contributed by atoms with E-state index in [9.17, 15) is 19.0 Å². The van der Waals surface area contributed by atoms with Crippen molar-refractivity contribution in [2.45, 2.75) is 142 Å². The van der Waals surface area contributed by atoms with Gasteiger partial charge in [-0.1, -0.05) is 157 Å². The van der Waals surface area contributed by atoms with Crippen LogP contribution < -0.4 is 5.73 Å². The van der Waals surface area contributed by atoms with Crippen LogP contribution in [-0.4, -0.2) is 49.3 Å². The van der Waals surface area contributed by atoms with Gasteiger partial charge in [0.2, 0.25) is 0 Å². The lowest BCUT2D eigenvalue weighted by molar-refractivity contribution is -0.161. The first-order valence-electron chi connectivity index (χ1n) is 19.6. The van der Waals surface area contributed by atoms with Gasteiger partial charge in [0.15, 0.2) is 6.10 Å². The van der Waals surface area contributed by atoms with E-state index < -0.39 is 32.5 Å². The molecule has 0 rings (SSSR count). The Kier molecular flexibility index (Phi) is 35.9. The van der Waals surface area contributed by atoms with Crippen molar-refractivity contribution in [3.8, 4) is 0 Å². The molecule has 296 valence electrons. The Morgan fingerprint density at radius 1 is 0.596 bits per heavy atom. The number of rotatable bonds is 35. The van der Waals surface area contributed by atoms with E-state index in [1.165, 1.54) is 38.5 Å². The summed E-state index contributed by atoms with van der Waals surface area (Å²) < 4.78 is 32.6. The third-order valence-corrected chi connectivity index (χ3v) is 8.61. The number of hydrogen-bond donors (Lipinski definition) is 2. The van der Waals surface area contributed by atoms with Crippen molar-refractivity contribution in [3.63, 3.8) is 0 Å². The summed E-state index contributed by atoms with van der Waals surface area (Å²) in [6, 6.07) is 0. The molecule has 2 atom stereocenters. The van der Waals surface area contributed by atoms with Gasteiger partial charge < -0.3 is 20.1 Å². The summed E-state index contributed by atoms with van der Waals surface area (Å²) >= 11 is 0. The number of nitrogens with two attached hydrogens (primary N) is 1. The van der Waals surface area contributed by atoms with Crippen LogP contribution in [0.25, 0.3) is 0 Å². The van der Waals surface area contributed by atoms with Crippen molar-refractivity contribution >= 4 is 19.8 Å². The highest BCUT2D eigenvalue weighted by molar-refractivity contribution is 7.47. The van der Waals surface area contributed by atoms with E-state index in [4.69, 9.17) is 24.3 Å². The number of allylic oxidation sites excluding steroid dienone is 14. The lowest BCUT2D eigenvalue weighted by Crippen LogP contribution is -2.29. The quantitative estimate of drug-likeness (QED) is 0.0213. The number of ether oxygens (including phenoxy) is 2. The number of carbonyl (C=O) groups is 2. The van der Waals surface area contributed by atoms with E-state index in [-0.39, 0.29) is 32.6 Å². The van der Waals surface area contributed by atoms with Crippen LogP contribution in [0.3, 0.4) is 0 Å². The van der Waals surface area contributed by atoms with Gasteiger partial charge in [0.25, 0.3) is 0 Å². The van der Waals surface area contributed by atoms with Crippen molar-refractivity contribution < 1.29 is 37.6 Å². The molecule has 52 heavy (non-hydrogen) atoms. The van der Waals surface area contributed by atoms with Gasteiger partial charge >= 0.3 is 19.8 Å². The van der Waals surface area contributed by atoms with Crippen LogP contribution in [0.4, 0.5) is 0 Å². The summed E-state index contributed by atoms with van der Waals surface area (Å²) in [6.07, 6.45) is 46.2. The molecule has 0 aliphatic rings. The summed E-state index contributed by atoms with van der Waals surface area (Å²) in [5.74, 6) is -0.947. The topological polar surface area (TPSA) is 134 Å². The number of phosphoric acid groups is 1. The minimum atomic E-state index is -4.40. The minimum absolute atomic E-state index is 0.0370. The van der Waals surface area contributed by atoms with Crippen LogP contribution in [-0.2, 0) is 32.7 Å². The van der Waals surface area contributed by atoms with Crippen molar-refractivity contribution in [2.75, 3.05) is 26.4 Å². The molecule has 0 saturated carbocycles. The minimum Gasteiger partial charge on any atom is -0.462 e. The van der Waals surface area contributed by atoms with Crippen LogP contribution in [0.2, 0.25) is 0 Å². The average Bonchev–Trinajstić information content (AvgIpc) is 3.13. The zero-order chi connectivity index (χ0) is 38.2. The fraction of sp³-hybridized carbons (Fsp3) is 0.619. The monoisotopic (exact) mass is 747 g/mol. The fourth-order valence-corrected chi connectivity index (χ4v) is 5.48. The van der Waals surface area contributed by atoms with E-state index >= 15 is 0 Å². The second-order valence-corrected chi connectivity index (χ2v) is 14.0. The molecule has 0 radical (unpaired) electrons. The molecule has 3 N–H and O–H groups in total. The number of esters is 2. The predicted octanol–water partition coefficient (Wildman–Crippen LogP) is 10.9. The van der Waals surface area contributed by atoms with E-state index in [0.717, 1.165) is 57.8 Å². The third kappa shape index (κ3) is 37.0. The Bertz CT molecular complexity index is 1130. The first-order chi connectivity index (χ1) is 25.3. The smallest absolute Gasteiger partial charge is 0.462 e. The van der Waals surface area contributed by atoms with E-state index in [1.807, 2.05) is 48.6 Å².